The van der Waals surface area contributed by atoms with Gasteiger partial charge in [-0.05, 0) is 32.3 Å². The second-order valence-electron chi connectivity index (χ2n) is 5.67. The van der Waals surface area contributed by atoms with E-state index in [9.17, 15) is 14.7 Å². The van der Waals surface area contributed by atoms with Crippen LogP contribution in [0.2, 0.25) is 0 Å². The Hall–Kier alpha value is -1.84. The van der Waals surface area contributed by atoms with Gasteiger partial charge in [-0.15, -0.1) is 0 Å². The average molecular weight is 291 g/mol. The smallest absolute Gasteiger partial charge is 0.310 e. The Kier molecular flexibility index (Phi) is 5.94. The Balaban J connectivity index is 2.75. The van der Waals surface area contributed by atoms with Crippen molar-refractivity contribution in [1.29, 1.82) is 0 Å². The number of carboxylic acids is 1. The van der Waals surface area contributed by atoms with Crippen LogP contribution in [0, 0.1) is 12.3 Å². The standard InChI is InChI=1S/C17H25NO3/c1-5-17(6-2,16(20)21)11-15(19)18-13(4)14-9-7-8-12(3)10-14/h7-10,13H,5-6,11H2,1-4H3,(H,18,19)(H,20,21)/t13-/m1/s1. The lowest BCUT2D eigenvalue weighted by atomic mass is 9.79. The maximum absolute atomic E-state index is 12.2. The fraction of sp³-hybridized carbons (Fsp3) is 0.529. The molecule has 0 aromatic heterocycles. The topological polar surface area (TPSA) is 66.4 Å². The number of benzene rings is 1. The Morgan fingerprint density at radius 2 is 1.90 bits per heavy atom. The quantitative estimate of drug-likeness (QED) is 0.808. The summed E-state index contributed by atoms with van der Waals surface area (Å²) in [4.78, 5) is 23.6. The molecule has 1 aromatic rings. The summed E-state index contributed by atoms with van der Waals surface area (Å²) >= 11 is 0. The number of hydrogen-bond acceptors (Lipinski definition) is 2. The third-order valence-electron chi connectivity index (χ3n) is 4.23. The van der Waals surface area contributed by atoms with Crippen molar-refractivity contribution in [2.75, 3.05) is 0 Å². The van der Waals surface area contributed by atoms with Gasteiger partial charge in [0, 0.05) is 6.42 Å². The van der Waals surface area contributed by atoms with Gasteiger partial charge in [-0.3, -0.25) is 9.59 Å². The van der Waals surface area contributed by atoms with Crippen LogP contribution in [0.25, 0.3) is 0 Å². The predicted octanol–water partition coefficient (Wildman–Crippen LogP) is 3.45. The number of carboxylic acid groups (broad SMARTS) is 1. The third kappa shape index (κ3) is 4.31. The maximum atomic E-state index is 12.2. The van der Waals surface area contributed by atoms with Crippen molar-refractivity contribution in [3.05, 3.63) is 35.4 Å². The van der Waals surface area contributed by atoms with Gasteiger partial charge in [0.1, 0.15) is 0 Å². The van der Waals surface area contributed by atoms with Crippen molar-refractivity contribution in [2.24, 2.45) is 5.41 Å². The predicted molar refractivity (Wildman–Crippen MR) is 83.0 cm³/mol. The summed E-state index contributed by atoms with van der Waals surface area (Å²) in [6, 6.07) is 7.81. The second kappa shape index (κ2) is 7.25. The molecule has 0 saturated carbocycles. The van der Waals surface area contributed by atoms with E-state index < -0.39 is 11.4 Å². The molecule has 1 rings (SSSR count). The van der Waals surface area contributed by atoms with Gasteiger partial charge in [0.2, 0.25) is 5.91 Å². The Labute approximate surface area is 126 Å². The number of hydrogen-bond donors (Lipinski definition) is 2. The van der Waals surface area contributed by atoms with Crippen molar-refractivity contribution < 1.29 is 14.7 Å². The molecule has 0 radical (unpaired) electrons. The molecule has 4 nitrogen and oxygen atoms in total. The molecule has 0 fully saturated rings. The highest BCUT2D eigenvalue weighted by molar-refractivity contribution is 5.85. The summed E-state index contributed by atoms with van der Waals surface area (Å²) in [5.41, 5.74) is 1.20. The van der Waals surface area contributed by atoms with Crippen molar-refractivity contribution in [1.82, 2.24) is 5.32 Å². The van der Waals surface area contributed by atoms with E-state index >= 15 is 0 Å². The van der Waals surface area contributed by atoms with E-state index in [1.54, 1.807) is 0 Å². The molecule has 116 valence electrons. The zero-order chi connectivity index (χ0) is 16.0. The lowest BCUT2D eigenvalue weighted by Gasteiger charge is -2.26. The number of rotatable bonds is 7. The molecule has 0 saturated heterocycles. The highest BCUT2D eigenvalue weighted by Gasteiger charge is 2.37. The molecule has 1 atom stereocenters. The minimum Gasteiger partial charge on any atom is -0.481 e. The molecule has 1 amide bonds. The molecule has 0 unspecified atom stereocenters. The van der Waals surface area contributed by atoms with Crippen LogP contribution in [0.15, 0.2) is 24.3 Å². The van der Waals surface area contributed by atoms with Crippen LogP contribution < -0.4 is 5.32 Å². The van der Waals surface area contributed by atoms with E-state index in [4.69, 9.17) is 0 Å². The fourth-order valence-electron chi connectivity index (χ4n) is 2.50. The minimum atomic E-state index is -0.962. The first-order chi connectivity index (χ1) is 9.84. The van der Waals surface area contributed by atoms with E-state index in [0.29, 0.717) is 12.8 Å². The van der Waals surface area contributed by atoms with Crippen molar-refractivity contribution in [3.63, 3.8) is 0 Å². The number of carbonyl (C=O) groups is 2. The van der Waals surface area contributed by atoms with Crippen LogP contribution in [-0.4, -0.2) is 17.0 Å². The maximum Gasteiger partial charge on any atom is 0.310 e. The lowest BCUT2D eigenvalue weighted by molar-refractivity contribution is -0.152. The second-order valence-corrected chi connectivity index (χ2v) is 5.67. The Morgan fingerprint density at radius 3 is 2.38 bits per heavy atom. The first kappa shape index (κ1) is 17.2. The van der Waals surface area contributed by atoms with E-state index in [-0.39, 0.29) is 18.4 Å². The molecule has 0 bridgehead atoms. The summed E-state index contributed by atoms with van der Waals surface area (Å²) in [7, 11) is 0. The number of aliphatic carboxylic acids is 1. The highest BCUT2D eigenvalue weighted by atomic mass is 16.4. The van der Waals surface area contributed by atoms with Crippen LogP contribution >= 0.6 is 0 Å². The largest absolute Gasteiger partial charge is 0.481 e. The van der Waals surface area contributed by atoms with Gasteiger partial charge in [0.15, 0.2) is 0 Å². The molecule has 0 aliphatic heterocycles. The highest BCUT2D eigenvalue weighted by Crippen LogP contribution is 2.31. The first-order valence-electron chi connectivity index (χ1n) is 7.44. The molecule has 0 spiro atoms. The van der Waals surface area contributed by atoms with Gasteiger partial charge in [-0.25, -0.2) is 0 Å². The van der Waals surface area contributed by atoms with Gasteiger partial charge >= 0.3 is 5.97 Å². The summed E-state index contributed by atoms with van der Waals surface area (Å²) in [6.07, 6.45) is 0.918. The summed E-state index contributed by atoms with van der Waals surface area (Å²) in [5, 5.41) is 12.3. The zero-order valence-corrected chi connectivity index (χ0v) is 13.3. The zero-order valence-electron chi connectivity index (χ0n) is 13.3. The van der Waals surface area contributed by atoms with Crippen LogP contribution in [-0.2, 0) is 9.59 Å². The number of nitrogens with one attached hydrogen (secondary N) is 1. The first-order valence-corrected chi connectivity index (χ1v) is 7.44. The van der Waals surface area contributed by atoms with Crippen LogP contribution in [0.3, 0.4) is 0 Å². The molecular formula is C17H25NO3. The summed E-state index contributed by atoms with van der Waals surface area (Å²) in [6.45, 7) is 7.54. The van der Waals surface area contributed by atoms with Gasteiger partial charge in [0.05, 0.1) is 11.5 Å². The van der Waals surface area contributed by atoms with Crippen molar-refractivity contribution in [2.45, 2.75) is 53.0 Å². The molecule has 1 aromatic carbocycles. The number of carbonyl (C=O) groups excluding carboxylic acids is 1. The van der Waals surface area contributed by atoms with E-state index in [1.807, 2.05) is 52.0 Å². The monoisotopic (exact) mass is 291 g/mol. The number of amides is 1. The molecular weight excluding hydrogens is 266 g/mol. The lowest BCUT2D eigenvalue weighted by Crippen LogP contribution is -2.37. The third-order valence-corrected chi connectivity index (χ3v) is 4.23. The van der Waals surface area contributed by atoms with E-state index in [1.165, 1.54) is 0 Å². The molecule has 4 heteroatoms. The molecule has 21 heavy (non-hydrogen) atoms. The summed E-state index contributed by atoms with van der Waals surface area (Å²) < 4.78 is 0. The van der Waals surface area contributed by atoms with Gasteiger partial charge in [-0.1, -0.05) is 43.7 Å². The SMILES string of the molecule is CCC(CC)(CC(=O)N[C@H](C)c1cccc(C)c1)C(=O)O. The minimum absolute atomic E-state index is 0.0193. The Bertz CT molecular complexity index is 507. The molecule has 2 N–H and O–H groups in total. The van der Waals surface area contributed by atoms with Crippen LogP contribution in [0.4, 0.5) is 0 Å². The average Bonchev–Trinajstić information content (AvgIpc) is 2.44. The molecule has 0 aliphatic carbocycles. The van der Waals surface area contributed by atoms with Crippen LogP contribution in [0.5, 0.6) is 0 Å². The fourth-order valence-corrected chi connectivity index (χ4v) is 2.50. The van der Waals surface area contributed by atoms with E-state index in [0.717, 1.165) is 11.1 Å². The molecule has 0 heterocycles. The van der Waals surface area contributed by atoms with Gasteiger partial charge in [-0.2, -0.15) is 0 Å². The van der Waals surface area contributed by atoms with E-state index in [2.05, 4.69) is 5.32 Å². The van der Waals surface area contributed by atoms with Gasteiger partial charge in [0.25, 0.3) is 0 Å². The number of aryl methyl sites for hydroxylation is 1. The van der Waals surface area contributed by atoms with Crippen molar-refractivity contribution >= 4 is 11.9 Å². The van der Waals surface area contributed by atoms with Crippen molar-refractivity contribution in [3.8, 4) is 0 Å². The summed E-state index contributed by atoms with van der Waals surface area (Å²) in [5.74, 6) is -1.11. The normalized spacial score (nSPS) is 12.8. The molecule has 0 aliphatic rings. The van der Waals surface area contributed by atoms with Crippen LogP contribution in [0.1, 0.15) is 57.2 Å². The van der Waals surface area contributed by atoms with Gasteiger partial charge < -0.3 is 10.4 Å². The Morgan fingerprint density at radius 1 is 1.29 bits per heavy atom.